The van der Waals surface area contributed by atoms with Crippen molar-refractivity contribution >= 4 is 0 Å². The summed E-state index contributed by atoms with van der Waals surface area (Å²) < 4.78 is 0. The molecule has 0 bridgehead atoms. The van der Waals surface area contributed by atoms with E-state index in [2.05, 4.69) is 16.8 Å². The molecule has 1 heteroatoms. The fourth-order valence-electron chi connectivity index (χ4n) is 0.894. The number of terminal acetylenes is 2. The van der Waals surface area contributed by atoms with Gasteiger partial charge in [0, 0.05) is 12.4 Å². The van der Waals surface area contributed by atoms with Crippen LogP contribution in [0, 0.1) is 24.7 Å². The molecular formula is C11H9N. The highest BCUT2D eigenvalue weighted by Crippen LogP contribution is 2.20. The van der Waals surface area contributed by atoms with Gasteiger partial charge in [-0.3, -0.25) is 4.98 Å². The van der Waals surface area contributed by atoms with Crippen molar-refractivity contribution in [1.29, 1.82) is 0 Å². The van der Waals surface area contributed by atoms with Crippen molar-refractivity contribution in [3.8, 4) is 24.7 Å². The van der Waals surface area contributed by atoms with E-state index in [9.17, 15) is 0 Å². The predicted molar refractivity (Wildman–Crippen MR) is 49.3 cm³/mol. The summed E-state index contributed by atoms with van der Waals surface area (Å²) in [6, 6.07) is 3.67. The third-order valence-electron chi connectivity index (χ3n) is 1.84. The molecule has 58 valence electrons. The normalized spacial score (nSPS) is 9.92. The number of hydrogen-bond acceptors (Lipinski definition) is 1. The van der Waals surface area contributed by atoms with Crippen LogP contribution in [0.3, 0.4) is 0 Å². The minimum absolute atomic E-state index is 0.608. The summed E-state index contributed by atoms with van der Waals surface area (Å²) in [7, 11) is 0. The molecule has 1 heterocycles. The molecule has 0 aliphatic rings. The fraction of sp³-hybridized carbons (Fsp3) is 0.182. The first-order chi connectivity index (χ1) is 5.73. The summed E-state index contributed by atoms with van der Waals surface area (Å²) in [5.74, 6) is 5.16. The molecule has 12 heavy (non-hydrogen) atoms. The van der Waals surface area contributed by atoms with E-state index >= 15 is 0 Å². The zero-order valence-corrected chi connectivity index (χ0v) is 6.91. The van der Waals surface area contributed by atoms with Crippen LogP contribution in [-0.4, -0.2) is 4.98 Å². The standard InChI is InChI=1S/C11H9N/c1-4-11(3,5-2)10-6-8-12-9-7-10/h1-2,6-9H,3H3. The Bertz CT molecular complexity index is 324. The molecule has 0 atom stereocenters. The van der Waals surface area contributed by atoms with Crippen molar-refractivity contribution in [2.45, 2.75) is 12.3 Å². The lowest BCUT2D eigenvalue weighted by Gasteiger charge is -2.15. The smallest absolute Gasteiger partial charge is 0.113 e. The lowest BCUT2D eigenvalue weighted by atomic mass is 9.85. The van der Waals surface area contributed by atoms with E-state index in [1.54, 1.807) is 12.4 Å². The molecule has 0 saturated heterocycles. The Balaban J connectivity index is 3.17. The summed E-state index contributed by atoms with van der Waals surface area (Å²) in [6.07, 6.45) is 14.0. The molecule has 1 nitrogen and oxygen atoms in total. The molecule has 0 unspecified atom stereocenters. The molecule has 0 aromatic carbocycles. The number of nitrogens with zero attached hydrogens (tertiary/aromatic N) is 1. The minimum atomic E-state index is -0.608. The van der Waals surface area contributed by atoms with Gasteiger partial charge in [-0.25, -0.2) is 0 Å². The molecule has 0 aliphatic carbocycles. The van der Waals surface area contributed by atoms with E-state index in [0.29, 0.717) is 0 Å². The first-order valence-electron chi connectivity index (χ1n) is 3.59. The van der Waals surface area contributed by atoms with Gasteiger partial charge in [0.2, 0.25) is 0 Å². The van der Waals surface area contributed by atoms with Gasteiger partial charge in [0.1, 0.15) is 5.41 Å². The van der Waals surface area contributed by atoms with E-state index in [4.69, 9.17) is 12.8 Å². The highest BCUT2D eigenvalue weighted by Gasteiger charge is 2.19. The monoisotopic (exact) mass is 155 g/mol. The van der Waals surface area contributed by atoms with Crippen molar-refractivity contribution in [2.24, 2.45) is 0 Å². The summed E-state index contributed by atoms with van der Waals surface area (Å²) >= 11 is 0. The number of pyridine rings is 1. The van der Waals surface area contributed by atoms with E-state index in [1.807, 2.05) is 19.1 Å². The van der Waals surface area contributed by atoms with Gasteiger partial charge in [-0.1, -0.05) is 11.8 Å². The van der Waals surface area contributed by atoms with E-state index in [-0.39, 0.29) is 0 Å². The van der Waals surface area contributed by atoms with Gasteiger partial charge in [-0.15, -0.1) is 12.8 Å². The SMILES string of the molecule is C#CC(C)(C#C)c1ccncc1. The summed E-state index contributed by atoms with van der Waals surface area (Å²) in [5.41, 5.74) is 0.325. The molecular weight excluding hydrogens is 146 g/mol. The van der Waals surface area contributed by atoms with Crippen LogP contribution in [0.1, 0.15) is 12.5 Å². The molecule has 0 spiro atoms. The number of hydrogen-bond donors (Lipinski definition) is 0. The lowest BCUT2D eigenvalue weighted by Crippen LogP contribution is -2.16. The highest BCUT2D eigenvalue weighted by molar-refractivity contribution is 5.40. The van der Waals surface area contributed by atoms with Crippen LogP contribution in [-0.2, 0) is 5.41 Å². The Labute approximate surface area is 72.8 Å². The molecule has 0 saturated carbocycles. The van der Waals surface area contributed by atoms with Crippen LogP contribution < -0.4 is 0 Å². The quantitative estimate of drug-likeness (QED) is 0.561. The van der Waals surface area contributed by atoms with Gasteiger partial charge in [-0.2, -0.15) is 0 Å². The van der Waals surface area contributed by atoms with Crippen molar-refractivity contribution in [3.05, 3.63) is 30.1 Å². The van der Waals surface area contributed by atoms with Gasteiger partial charge in [0.15, 0.2) is 0 Å². The summed E-state index contributed by atoms with van der Waals surface area (Å²) in [4.78, 5) is 3.89. The average molecular weight is 155 g/mol. The summed E-state index contributed by atoms with van der Waals surface area (Å²) in [5, 5.41) is 0. The zero-order chi connectivity index (χ0) is 9.03. The van der Waals surface area contributed by atoms with Crippen LogP contribution >= 0.6 is 0 Å². The average Bonchev–Trinajstić information content (AvgIpc) is 2.18. The van der Waals surface area contributed by atoms with E-state index < -0.39 is 5.41 Å². The Morgan fingerprint density at radius 2 is 1.75 bits per heavy atom. The highest BCUT2D eigenvalue weighted by atomic mass is 14.6. The van der Waals surface area contributed by atoms with E-state index in [0.717, 1.165) is 5.56 Å². The molecule has 1 aromatic rings. The van der Waals surface area contributed by atoms with Gasteiger partial charge in [0.05, 0.1) is 0 Å². The maximum absolute atomic E-state index is 5.34. The molecule has 0 aliphatic heterocycles. The van der Waals surface area contributed by atoms with Crippen LogP contribution in [0.4, 0.5) is 0 Å². The Morgan fingerprint density at radius 1 is 1.25 bits per heavy atom. The third kappa shape index (κ3) is 1.31. The maximum Gasteiger partial charge on any atom is 0.113 e. The van der Waals surface area contributed by atoms with Crippen LogP contribution in [0.5, 0.6) is 0 Å². The van der Waals surface area contributed by atoms with Gasteiger partial charge in [-0.05, 0) is 24.6 Å². The largest absolute Gasteiger partial charge is 0.265 e. The molecule has 0 radical (unpaired) electrons. The maximum atomic E-state index is 5.34. The van der Waals surface area contributed by atoms with Gasteiger partial charge < -0.3 is 0 Å². The van der Waals surface area contributed by atoms with Crippen molar-refractivity contribution < 1.29 is 0 Å². The lowest BCUT2D eigenvalue weighted by molar-refractivity contribution is 0.821. The topological polar surface area (TPSA) is 12.9 Å². The molecule has 1 aromatic heterocycles. The van der Waals surface area contributed by atoms with Crippen LogP contribution in [0.25, 0.3) is 0 Å². The van der Waals surface area contributed by atoms with Gasteiger partial charge in [0.25, 0.3) is 0 Å². The Hall–Kier alpha value is -1.73. The fourth-order valence-corrected chi connectivity index (χ4v) is 0.894. The van der Waals surface area contributed by atoms with Crippen LogP contribution in [0.2, 0.25) is 0 Å². The second-order valence-corrected chi connectivity index (χ2v) is 2.65. The second kappa shape index (κ2) is 3.11. The molecule has 1 rings (SSSR count). The van der Waals surface area contributed by atoms with Crippen LogP contribution in [0.15, 0.2) is 24.5 Å². The third-order valence-corrected chi connectivity index (χ3v) is 1.84. The Kier molecular flexibility index (Phi) is 2.17. The molecule has 0 fully saturated rings. The minimum Gasteiger partial charge on any atom is -0.265 e. The Morgan fingerprint density at radius 3 is 2.17 bits per heavy atom. The number of rotatable bonds is 1. The molecule has 0 amide bonds. The van der Waals surface area contributed by atoms with Crippen molar-refractivity contribution in [3.63, 3.8) is 0 Å². The predicted octanol–water partition coefficient (Wildman–Crippen LogP) is 1.61. The zero-order valence-electron chi connectivity index (χ0n) is 6.91. The molecule has 0 N–H and O–H groups in total. The van der Waals surface area contributed by atoms with Crippen molar-refractivity contribution in [2.75, 3.05) is 0 Å². The second-order valence-electron chi connectivity index (χ2n) is 2.65. The summed E-state index contributed by atoms with van der Waals surface area (Å²) in [6.45, 7) is 1.84. The van der Waals surface area contributed by atoms with Gasteiger partial charge >= 0.3 is 0 Å². The first-order valence-corrected chi connectivity index (χ1v) is 3.59. The van der Waals surface area contributed by atoms with Crippen molar-refractivity contribution in [1.82, 2.24) is 4.98 Å². The van der Waals surface area contributed by atoms with E-state index in [1.165, 1.54) is 0 Å². The first kappa shape index (κ1) is 8.37. The number of aromatic nitrogens is 1.